The zero-order chi connectivity index (χ0) is 11.8. The molecule has 0 amide bonds. The zero-order valence-corrected chi connectivity index (χ0v) is 9.42. The SMILES string of the molecule is CC(C)(F)c1cc2c(cc1O)OCCCO2. The topological polar surface area (TPSA) is 38.7 Å². The minimum Gasteiger partial charge on any atom is -0.507 e. The van der Waals surface area contributed by atoms with Gasteiger partial charge in [-0.05, 0) is 19.9 Å². The standard InChI is InChI=1S/C12H15FO3/c1-12(2,13)8-6-10-11(7-9(8)14)16-5-3-4-15-10/h6-7,14H,3-5H2,1-2H3. The van der Waals surface area contributed by atoms with E-state index in [-0.39, 0.29) is 11.3 Å². The van der Waals surface area contributed by atoms with Crippen molar-refractivity contribution >= 4 is 0 Å². The maximum Gasteiger partial charge on any atom is 0.164 e. The fourth-order valence-electron chi connectivity index (χ4n) is 1.67. The van der Waals surface area contributed by atoms with Gasteiger partial charge in [-0.3, -0.25) is 0 Å². The highest BCUT2D eigenvalue weighted by molar-refractivity contribution is 5.52. The van der Waals surface area contributed by atoms with Crippen LogP contribution in [-0.4, -0.2) is 18.3 Å². The summed E-state index contributed by atoms with van der Waals surface area (Å²) in [5, 5.41) is 9.72. The second kappa shape index (κ2) is 3.85. The smallest absolute Gasteiger partial charge is 0.164 e. The molecule has 0 saturated carbocycles. The van der Waals surface area contributed by atoms with Crippen LogP contribution in [0.4, 0.5) is 4.39 Å². The van der Waals surface area contributed by atoms with E-state index in [1.807, 2.05) is 0 Å². The first-order chi connectivity index (χ1) is 7.48. The van der Waals surface area contributed by atoms with Gasteiger partial charge in [0.2, 0.25) is 0 Å². The van der Waals surface area contributed by atoms with Crippen molar-refractivity contribution in [2.24, 2.45) is 0 Å². The molecule has 0 aliphatic carbocycles. The van der Waals surface area contributed by atoms with Crippen molar-refractivity contribution in [2.75, 3.05) is 13.2 Å². The summed E-state index contributed by atoms with van der Waals surface area (Å²) in [6.45, 7) is 3.88. The van der Waals surface area contributed by atoms with Gasteiger partial charge < -0.3 is 14.6 Å². The molecule has 0 radical (unpaired) electrons. The van der Waals surface area contributed by atoms with Gasteiger partial charge in [-0.1, -0.05) is 0 Å². The molecule has 4 heteroatoms. The van der Waals surface area contributed by atoms with Gasteiger partial charge in [0.15, 0.2) is 11.5 Å². The molecule has 2 rings (SSSR count). The minimum absolute atomic E-state index is 0.100. The van der Waals surface area contributed by atoms with E-state index in [9.17, 15) is 9.50 Å². The lowest BCUT2D eigenvalue weighted by molar-refractivity contribution is 0.213. The number of rotatable bonds is 1. The number of hydrogen-bond donors (Lipinski definition) is 1. The van der Waals surface area contributed by atoms with Gasteiger partial charge >= 0.3 is 0 Å². The van der Waals surface area contributed by atoms with Gasteiger partial charge in [0.05, 0.1) is 13.2 Å². The monoisotopic (exact) mass is 226 g/mol. The fourth-order valence-corrected chi connectivity index (χ4v) is 1.67. The molecule has 1 N–H and O–H groups in total. The Balaban J connectivity index is 2.47. The van der Waals surface area contributed by atoms with E-state index in [1.54, 1.807) is 0 Å². The van der Waals surface area contributed by atoms with E-state index in [1.165, 1.54) is 26.0 Å². The Morgan fingerprint density at radius 1 is 1.19 bits per heavy atom. The molecule has 0 bridgehead atoms. The minimum atomic E-state index is -1.60. The number of ether oxygens (including phenoxy) is 2. The van der Waals surface area contributed by atoms with Crippen LogP contribution in [0, 0.1) is 0 Å². The van der Waals surface area contributed by atoms with Crippen LogP contribution in [0.5, 0.6) is 17.2 Å². The number of aromatic hydroxyl groups is 1. The molecule has 1 aromatic rings. The summed E-state index contributed by atoms with van der Waals surface area (Å²) in [6.07, 6.45) is 0.782. The predicted molar refractivity (Wildman–Crippen MR) is 57.8 cm³/mol. The van der Waals surface area contributed by atoms with Crippen molar-refractivity contribution in [3.05, 3.63) is 17.7 Å². The van der Waals surface area contributed by atoms with E-state index in [2.05, 4.69) is 0 Å². The molecule has 88 valence electrons. The van der Waals surface area contributed by atoms with E-state index in [0.717, 1.165) is 6.42 Å². The quantitative estimate of drug-likeness (QED) is 0.800. The lowest BCUT2D eigenvalue weighted by Crippen LogP contribution is -2.09. The Bertz CT molecular complexity index is 396. The highest BCUT2D eigenvalue weighted by atomic mass is 19.1. The fraction of sp³-hybridized carbons (Fsp3) is 0.500. The summed E-state index contributed by atoms with van der Waals surface area (Å²) >= 11 is 0. The number of halogens is 1. The van der Waals surface area contributed by atoms with Crippen LogP contribution in [0.25, 0.3) is 0 Å². The van der Waals surface area contributed by atoms with Crippen LogP contribution in [0.3, 0.4) is 0 Å². The van der Waals surface area contributed by atoms with Crippen molar-refractivity contribution in [3.63, 3.8) is 0 Å². The maximum atomic E-state index is 13.8. The summed E-state index contributed by atoms with van der Waals surface area (Å²) in [7, 11) is 0. The summed E-state index contributed by atoms with van der Waals surface area (Å²) in [5.74, 6) is 0.871. The third kappa shape index (κ3) is 2.05. The molecule has 0 fully saturated rings. The Kier molecular flexibility index (Phi) is 2.66. The first-order valence-corrected chi connectivity index (χ1v) is 5.30. The first kappa shape index (κ1) is 11.0. The zero-order valence-electron chi connectivity index (χ0n) is 9.42. The highest BCUT2D eigenvalue weighted by Crippen LogP contribution is 2.41. The Morgan fingerprint density at radius 3 is 2.31 bits per heavy atom. The number of benzene rings is 1. The molecule has 16 heavy (non-hydrogen) atoms. The Hall–Kier alpha value is -1.45. The van der Waals surface area contributed by atoms with Crippen molar-refractivity contribution in [2.45, 2.75) is 25.9 Å². The van der Waals surface area contributed by atoms with Crippen LogP contribution in [0.15, 0.2) is 12.1 Å². The molecule has 1 aromatic carbocycles. The number of fused-ring (bicyclic) bond motifs is 1. The summed E-state index contributed by atoms with van der Waals surface area (Å²) < 4.78 is 24.6. The second-order valence-electron chi connectivity index (χ2n) is 4.34. The number of phenols is 1. The Labute approximate surface area is 93.8 Å². The van der Waals surface area contributed by atoms with Gasteiger partial charge in [-0.2, -0.15) is 0 Å². The van der Waals surface area contributed by atoms with Crippen LogP contribution in [0.1, 0.15) is 25.8 Å². The largest absolute Gasteiger partial charge is 0.507 e. The Morgan fingerprint density at radius 2 is 1.75 bits per heavy atom. The molecule has 1 heterocycles. The predicted octanol–water partition coefficient (Wildman–Crippen LogP) is 2.76. The molecule has 0 spiro atoms. The third-order valence-electron chi connectivity index (χ3n) is 2.51. The number of hydrogen-bond acceptors (Lipinski definition) is 3. The average Bonchev–Trinajstić information content (AvgIpc) is 2.39. The molecule has 0 unspecified atom stereocenters. The van der Waals surface area contributed by atoms with E-state index >= 15 is 0 Å². The molecule has 1 aliphatic rings. The molecule has 0 atom stereocenters. The lowest BCUT2D eigenvalue weighted by Gasteiger charge is -2.18. The molecular weight excluding hydrogens is 211 g/mol. The number of alkyl halides is 1. The van der Waals surface area contributed by atoms with Crippen LogP contribution < -0.4 is 9.47 Å². The van der Waals surface area contributed by atoms with Crippen LogP contribution >= 0.6 is 0 Å². The van der Waals surface area contributed by atoms with Gasteiger partial charge in [0, 0.05) is 18.1 Å². The van der Waals surface area contributed by atoms with E-state index in [0.29, 0.717) is 24.7 Å². The third-order valence-corrected chi connectivity index (χ3v) is 2.51. The average molecular weight is 226 g/mol. The first-order valence-electron chi connectivity index (χ1n) is 5.30. The van der Waals surface area contributed by atoms with E-state index < -0.39 is 5.67 Å². The normalized spacial score (nSPS) is 15.7. The summed E-state index contributed by atoms with van der Waals surface area (Å²) in [6, 6.07) is 2.92. The van der Waals surface area contributed by atoms with Crippen molar-refractivity contribution in [3.8, 4) is 17.2 Å². The molecule has 0 saturated heterocycles. The second-order valence-corrected chi connectivity index (χ2v) is 4.34. The van der Waals surface area contributed by atoms with Gasteiger partial charge in [-0.25, -0.2) is 4.39 Å². The molecular formula is C12H15FO3. The molecule has 1 aliphatic heterocycles. The summed E-state index contributed by atoms with van der Waals surface area (Å²) in [4.78, 5) is 0. The van der Waals surface area contributed by atoms with Crippen molar-refractivity contribution in [1.29, 1.82) is 0 Å². The van der Waals surface area contributed by atoms with Gasteiger partial charge in [-0.15, -0.1) is 0 Å². The summed E-state index contributed by atoms with van der Waals surface area (Å²) in [5.41, 5.74) is -1.38. The number of phenolic OH excluding ortho intramolecular Hbond substituents is 1. The lowest BCUT2D eigenvalue weighted by atomic mass is 9.98. The van der Waals surface area contributed by atoms with Gasteiger partial charge in [0.25, 0.3) is 0 Å². The molecule has 0 aromatic heterocycles. The highest BCUT2D eigenvalue weighted by Gasteiger charge is 2.26. The van der Waals surface area contributed by atoms with Crippen LogP contribution in [-0.2, 0) is 5.67 Å². The van der Waals surface area contributed by atoms with E-state index in [4.69, 9.17) is 9.47 Å². The van der Waals surface area contributed by atoms with Gasteiger partial charge in [0.1, 0.15) is 11.4 Å². The van der Waals surface area contributed by atoms with Crippen molar-refractivity contribution < 1.29 is 19.0 Å². The molecule has 3 nitrogen and oxygen atoms in total. The van der Waals surface area contributed by atoms with Crippen molar-refractivity contribution in [1.82, 2.24) is 0 Å². The maximum absolute atomic E-state index is 13.8. The van der Waals surface area contributed by atoms with Crippen LogP contribution in [0.2, 0.25) is 0 Å².